The molecule has 1 aromatic carbocycles. The number of aromatic nitrogens is 2. The standard InChI is InChI=1S/C52H63N7O18/c1-4-30-31-9-5-6-10-35(31)55-46-33(30)27-58-38(46)25-32-34(49(58)68)28-75-52(71)47(32)76-51(70)45(29(2)3)56-48(67)37-11-8-18-57(37)50(69)36(26-43(64)65)54-40(61)16-19-72-21-23-74-24-22-73-20-17-53-39(60)12-7-13-44(66)77-59-41(62)14-15-42(59)63/h5-6,9-10,25,29,36-37,45,47H,4,7-8,11-24,26-28H2,1-3H3,(H,53,60)(H,54,61)(H,56,67)(H,64,65)/t36-,37-,45-,47-/m0/s1. The van der Waals surface area contributed by atoms with Gasteiger partial charge in [-0.3, -0.25) is 38.4 Å². The van der Waals surface area contributed by atoms with Gasteiger partial charge in [0.1, 0.15) is 24.7 Å². The zero-order valence-electron chi connectivity index (χ0n) is 43.1. The molecule has 4 N–H and O–H groups in total. The van der Waals surface area contributed by atoms with E-state index >= 15 is 0 Å². The van der Waals surface area contributed by atoms with Crippen LogP contribution in [0.5, 0.6) is 0 Å². The van der Waals surface area contributed by atoms with Crippen LogP contribution in [0.25, 0.3) is 22.3 Å². The van der Waals surface area contributed by atoms with Crippen LogP contribution >= 0.6 is 0 Å². The average molecular weight is 1070 g/mol. The van der Waals surface area contributed by atoms with Crippen molar-refractivity contribution in [2.24, 2.45) is 5.92 Å². The van der Waals surface area contributed by atoms with E-state index in [9.17, 15) is 57.8 Å². The molecule has 0 spiro atoms. The molecular weight excluding hydrogens is 1010 g/mol. The Bertz CT molecular complexity index is 2830. The number of carboxylic acid groups (broad SMARTS) is 1. The molecule has 2 fully saturated rings. The number of hydrogen-bond acceptors (Lipinski definition) is 18. The number of fused-ring (bicyclic) bond motifs is 5. The molecule has 4 atom stereocenters. The summed E-state index contributed by atoms with van der Waals surface area (Å²) in [6, 6.07) is 5.27. The third kappa shape index (κ3) is 14.1. The van der Waals surface area contributed by atoms with Gasteiger partial charge in [-0.2, -0.15) is 0 Å². The molecule has 7 rings (SSSR count). The number of likely N-dealkylation sites (tertiary alicyclic amines) is 1. The number of amides is 6. The highest BCUT2D eigenvalue weighted by atomic mass is 16.7. The zero-order chi connectivity index (χ0) is 55.3. The van der Waals surface area contributed by atoms with Gasteiger partial charge >= 0.3 is 23.9 Å². The highest BCUT2D eigenvalue weighted by Crippen LogP contribution is 2.39. The Morgan fingerprint density at radius 2 is 1.56 bits per heavy atom. The minimum Gasteiger partial charge on any atom is -0.481 e. The maximum Gasteiger partial charge on any atom is 0.352 e. The number of pyridine rings is 2. The highest BCUT2D eigenvalue weighted by molar-refractivity contribution is 6.01. The van der Waals surface area contributed by atoms with E-state index in [-0.39, 0.29) is 128 Å². The van der Waals surface area contributed by atoms with E-state index in [0.717, 1.165) is 22.0 Å². The van der Waals surface area contributed by atoms with Crippen molar-refractivity contribution in [1.29, 1.82) is 0 Å². The molecule has 25 heteroatoms. The Kier molecular flexibility index (Phi) is 19.6. The first-order chi connectivity index (χ1) is 37.0. The molecule has 0 bridgehead atoms. The molecule has 4 aliphatic rings. The number of hydrogen-bond donors (Lipinski definition) is 4. The maximum absolute atomic E-state index is 14.0. The summed E-state index contributed by atoms with van der Waals surface area (Å²) in [7, 11) is 0. The van der Waals surface area contributed by atoms with E-state index in [4.69, 9.17) is 33.5 Å². The summed E-state index contributed by atoms with van der Waals surface area (Å²) in [4.78, 5) is 152. The van der Waals surface area contributed by atoms with E-state index in [1.807, 2.05) is 31.2 Å². The van der Waals surface area contributed by atoms with Gasteiger partial charge in [0.05, 0.1) is 75.1 Å². The summed E-state index contributed by atoms with van der Waals surface area (Å²) in [6.07, 6.45) is -1.46. The van der Waals surface area contributed by atoms with Crippen LogP contribution in [0.3, 0.4) is 0 Å². The van der Waals surface area contributed by atoms with Gasteiger partial charge in [-0.25, -0.2) is 19.4 Å². The molecule has 0 radical (unpaired) electrons. The Balaban J connectivity index is 0.827. The topological polar surface area (TPSA) is 324 Å². The number of ether oxygens (including phenoxy) is 5. The molecule has 3 aromatic rings. The number of hydroxylamine groups is 2. The number of rotatable bonds is 27. The number of esters is 2. The van der Waals surface area contributed by atoms with E-state index < -0.39 is 95.5 Å². The van der Waals surface area contributed by atoms with Crippen molar-refractivity contribution in [3.8, 4) is 11.4 Å². The number of cyclic esters (lactones) is 1. The van der Waals surface area contributed by atoms with Gasteiger partial charge in [0.25, 0.3) is 17.4 Å². The van der Waals surface area contributed by atoms with E-state index in [1.165, 1.54) is 4.90 Å². The Morgan fingerprint density at radius 1 is 0.857 bits per heavy atom. The van der Waals surface area contributed by atoms with E-state index in [2.05, 4.69) is 16.0 Å². The van der Waals surface area contributed by atoms with Gasteiger partial charge in [-0.1, -0.05) is 39.0 Å². The van der Waals surface area contributed by atoms with Crippen LogP contribution in [0, 0.1) is 5.92 Å². The molecule has 2 aromatic heterocycles. The molecule has 0 aliphatic carbocycles. The minimum atomic E-state index is -1.65. The number of para-hydroxylation sites is 1. The quantitative estimate of drug-likeness (QED) is 0.0368. The third-order valence-corrected chi connectivity index (χ3v) is 13.4. The molecular formula is C52H63N7O18. The summed E-state index contributed by atoms with van der Waals surface area (Å²) in [5, 5.41) is 18.8. The fourth-order valence-corrected chi connectivity index (χ4v) is 9.50. The fraction of sp³-hybridized carbons (Fsp3) is 0.538. The summed E-state index contributed by atoms with van der Waals surface area (Å²) in [5.74, 6) is -8.40. The number of imide groups is 1. The molecule has 77 heavy (non-hydrogen) atoms. The first-order valence-electron chi connectivity index (χ1n) is 25.7. The normalized spacial score (nSPS) is 17.3. The smallest absolute Gasteiger partial charge is 0.352 e. The van der Waals surface area contributed by atoms with E-state index in [0.29, 0.717) is 29.3 Å². The number of benzene rings is 1. The van der Waals surface area contributed by atoms with Gasteiger partial charge in [0.2, 0.25) is 29.7 Å². The van der Waals surface area contributed by atoms with Crippen molar-refractivity contribution in [1.82, 2.24) is 35.5 Å². The van der Waals surface area contributed by atoms with Crippen molar-refractivity contribution in [3.05, 3.63) is 62.9 Å². The lowest BCUT2D eigenvalue weighted by Gasteiger charge is -2.31. The molecule has 4 aliphatic heterocycles. The van der Waals surface area contributed by atoms with Crippen molar-refractivity contribution in [2.75, 3.05) is 52.7 Å². The second-order valence-corrected chi connectivity index (χ2v) is 19.0. The monoisotopic (exact) mass is 1070 g/mol. The van der Waals surface area contributed by atoms with Crippen LogP contribution in [0.1, 0.15) is 107 Å². The summed E-state index contributed by atoms with van der Waals surface area (Å²) >= 11 is 0. The lowest BCUT2D eigenvalue weighted by molar-refractivity contribution is -0.197. The average Bonchev–Trinajstić information content (AvgIpc) is 4.14. The first kappa shape index (κ1) is 57.1. The van der Waals surface area contributed by atoms with Crippen molar-refractivity contribution < 1.29 is 81.6 Å². The molecule has 25 nitrogen and oxygen atoms in total. The molecule has 6 heterocycles. The van der Waals surface area contributed by atoms with Crippen LogP contribution < -0.4 is 21.5 Å². The molecule has 2 saturated heterocycles. The van der Waals surface area contributed by atoms with Gasteiger partial charge in [0.15, 0.2) is 0 Å². The number of aryl methyl sites for hydroxylation is 1. The van der Waals surface area contributed by atoms with Crippen LogP contribution in [-0.2, 0) is 96.0 Å². The highest BCUT2D eigenvalue weighted by Gasteiger charge is 2.43. The largest absolute Gasteiger partial charge is 0.481 e. The number of nitrogens with zero attached hydrogens (tertiary/aromatic N) is 4. The summed E-state index contributed by atoms with van der Waals surface area (Å²) in [6.45, 7) is 6.22. The van der Waals surface area contributed by atoms with Gasteiger partial charge in [-0.05, 0) is 49.3 Å². The Hall–Kier alpha value is -7.64. The maximum atomic E-state index is 14.0. The third-order valence-electron chi connectivity index (χ3n) is 13.4. The number of carbonyl (C=O) groups excluding carboxylic acids is 9. The molecule has 0 unspecified atom stereocenters. The van der Waals surface area contributed by atoms with Crippen molar-refractivity contribution in [2.45, 2.75) is 122 Å². The molecule has 0 saturated carbocycles. The van der Waals surface area contributed by atoms with Crippen LogP contribution in [-0.4, -0.2) is 155 Å². The first-order valence-corrected chi connectivity index (χ1v) is 25.7. The predicted molar refractivity (Wildman–Crippen MR) is 265 cm³/mol. The Morgan fingerprint density at radius 3 is 2.26 bits per heavy atom. The lowest BCUT2D eigenvalue weighted by atomic mass is 9.97. The second-order valence-electron chi connectivity index (χ2n) is 19.0. The molecule has 414 valence electrons. The fourth-order valence-electron chi connectivity index (χ4n) is 9.50. The summed E-state index contributed by atoms with van der Waals surface area (Å²) < 4.78 is 29.1. The van der Waals surface area contributed by atoms with Crippen LogP contribution in [0.4, 0.5) is 0 Å². The van der Waals surface area contributed by atoms with Crippen LogP contribution in [0.2, 0.25) is 0 Å². The Labute approximate surface area is 441 Å². The lowest BCUT2D eigenvalue weighted by Crippen LogP contribution is -2.56. The number of aliphatic carboxylic acids is 1. The predicted octanol–water partition coefficient (Wildman–Crippen LogP) is 1.05. The number of carboxylic acids is 1. The van der Waals surface area contributed by atoms with Gasteiger partial charge in [0, 0.05) is 61.7 Å². The van der Waals surface area contributed by atoms with Crippen molar-refractivity contribution in [3.63, 3.8) is 0 Å². The van der Waals surface area contributed by atoms with Crippen molar-refractivity contribution >= 4 is 70.2 Å². The SMILES string of the molecule is CCc1c2c(nc3ccccc13)-c1cc3c(c(=O)n1C2)COC(=O)[C@H]3OC(=O)[C@@H](NC(=O)[C@@H]1CCCN1C(=O)[C@H](CC(=O)O)NC(=O)CCOCCOCCOCCNC(=O)CCCC(=O)ON1C(=O)CCC1=O)C(C)C. The zero-order valence-corrected chi connectivity index (χ0v) is 43.1. The second kappa shape index (κ2) is 26.4. The molecule has 6 amide bonds. The number of carbonyl (C=O) groups is 10. The van der Waals surface area contributed by atoms with Gasteiger partial charge in [-0.15, -0.1) is 5.06 Å². The van der Waals surface area contributed by atoms with Crippen LogP contribution in [0.15, 0.2) is 35.1 Å². The summed E-state index contributed by atoms with van der Waals surface area (Å²) in [5.41, 5.74) is 3.58. The minimum absolute atomic E-state index is 0.0131. The van der Waals surface area contributed by atoms with Gasteiger partial charge < -0.3 is 59.0 Å². The number of nitrogens with one attached hydrogen (secondary N) is 3. The van der Waals surface area contributed by atoms with E-state index in [1.54, 1.807) is 24.5 Å².